The molecule has 22 heavy (non-hydrogen) atoms. The molecule has 0 bridgehead atoms. The van der Waals surface area contributed by atoms with E-state index in [4.69, 9.17) is 10.1 Å². The zero-order valence-electron chi connectivity index (χ0n) is 13.6. The minimum absolute atomic E-state index is 0.159. The van der Waals surface area contributed by atoms with Crippen molar-refractivity contribution in [2.24, 2.45) is 7.05 Å². The largest absolute Gasteiger partial charge is 0.444 e. The number of hydrogen-bond donors (Lipinski definition) is 1. The van der Waals surface area contributed by atoms with Gasteiger partial charge >= 0.3 is 6.09 Å². The van der Waals surface area contributed by atoms with E-state index in [1.54, 1.807) is 34.9 Å². The highest BCUT2D eigenvalue weighted by Gasteiger charge is 2.23. The van der Waals surface area contributed by atoms with Gasteiger partial charge in [-0.1, -0.05) is 6.58 Å². The first-order valence-electron chi connectivity index (χ1n) is 6.70. The zero-order valence-corrected chi connectivity index (χ0v) is 13.6. The molecule has 0 spiro atoms. The summed E-state index contributed by atoms with van der Waals surface area (Å²) in [7, 11) is 3.22. The summed E-state index contributed by atoms with van der Waals surface area (Å²) in [6.45, 7) is 9.28. The van der Waals surface area contributed by atoms with Crippen molar-refractivity contribution in [3.8, 4) is 6.07 Å². The fourth-order valence-corrected chi connectivity index (χ4v) is 1.86. The number of nitrogens with zero attached hydrogens (tertiary/aromatic N) is 4. The lowest BCUT2D eigenvalue weighted by molar-refractivity contribution is 0.0283. The molecule has 0 atom stereocenters. The Hall–Kier alpha value is -2.62. The molecule has 0 aliphatic rings. The van der Waals surface area contributed by atoms with Gasteiger partial charge in [-0.3, -0.25) is 4.68 Å². The smallest absolute Gasteiger partial charge is 0.410 e. The van der Waals surface area contributed by atoms with Gasteiger partial charge in [0, 0.05) is 25.9 Å². The molecule has 0 radical (unpaired) electrons. The van der Waals surface area contributed by atoms with Gasteiger partial charge in [-0.25, -0.2) is 4.79 Å². The van der Waals surface area contributed by atoms with Gasteiger partial charge in [-0.15, -0.1) is 0 Å². The summed E-state index contributed by atoms with van der Waals surface area (Å²) in [5.41, 5.74) is 1.07. The molecule has 7 heteroatoms. The monoisotopic (exact) mass is 303 g/mol. The van der Waals surface area contributed by atoms with Gasteiger partial charge in [0.15, 0.2) is 0 Å². The Bertz CT molecular complexity index is 646. The molecule has 0 saturated heterocycles. The first-order chi connectivity index (χ1) is 10.1. The highest BCUT2D eigenvalue weighted by Crippen LogP contribution is 2.22. The van der Waals surface area contributed by atoms with Crippen molar-refractivity contribution >= 4 is 17.9 Å². The number of aromatic nitrogens is 2. The van der Waals surface area contributed by atoms with Gasteiger partial charge in [0.1, 0.15) is 17.4 Å². The van der Waals surface area contributed by atoms with Crippen LogP contribution in [0.5, 0.6) is 0 Å². The maximum absolute atomic E-state index is 12.0. The molecule has 0 fully saturated rings. The quantitative estimate of drug-likeness (QED) is 0.863. The van der Waals surface area contributed by atoms with Crippen LogP contribution >= 0.6 is 0 Å². The number of nitrogens with one attached hydrogen (secondary N) is 1. The topological polar surface area (TPSA) is 95.0 Å². The van der Waals surface area contributed by atoms with E-state index in [1.165, 1.54) is 9.58 Å². The Morgan fingerprint density at radius 3 is 2.64 bits per heavy atom. The van der Waals surface area contributed by atoms with Gasteiger partial charge in [0.25, 0.3) is 0 Å². The second-order valence-corrected chi connectivity index (χ2v) is 5.91. The number of carbonyl (C=O) groups is 1. The van der Waals surface area contributed by atoms with Crippen molar-refractivity contribution in [2.75, 3.05) is 7.05 Å². The molecule has 1 N–H and O–H groups in total. The summed E-state index contributed by atoms with van der Waals surface area (Å²) in [6, 6.07) is 2.04. The highest BCUT2D eigenvalue weighted by molar-refractivity contribution is 6.08. The summed E-state index contributed by atoms with van der Waals surface area (Å²) in [5.74, 6) is 0. The molecule has 118 valence electrons. The number of aryl methyl sites for hydroxylation is 1. The van der Waals surface area contributed by atoms with E-state index in [9.17, 15) is 10.1 Å². The van der Waals surface area contributed by atoms with E-state index in [2.05, 4.69) is 11.7 Å². The predicted octanol–water partition coefficient (Wildman–Crippen LogP) is 2.32. The Balaban J connectivity index is 3.08. The summed E-state index contributed by atoms with van der Waals surface area (Å²) < 4.78 is 6.70. The lowest BCUT2D eigenvalue weighted by atomic mass is 10.1. The number of allylic oxidation sites excluding steroid dienone is 1. The van der Waals surface area contributed by atoms with E-state index in [0.717, 1.165) is 6.21 Å². The van der Waals surface area contributed by atoms with Crippen LogP contribution < -0.4 is 0 Å². The standard InChI is InChI=1S/C15H21N5O2/c1-10(7-16)13-11(18-20(6)12(13)8-17)9-19(5)14(21)22-15(2,3)4/h7,16H,1,9H2,2-6H3. The molecular weight excluding hydrogens is 282 g/mol. The second-order valence-electron chi connectivity index (χ2n) is 5.91. The highest BCUT2D eigenvalue weighted by atomic mass is 16.6. The second kappa shape index (κ2) is 6.43. The molecular formula is C15H21N5O2. The van der Waals surface area contributed by atoms with E-state index >= 15 is 0 Å². The minimum Gasteiger partial charge on any atom is -0.444 e. The summed E-state index contributed by atoms with van der Waals surface area (Å²) in [5, 5.41) is 20.8. The molecule has 7 nitrogen and oxygen atoms in total. The van der Waals surface area contributed by atoms with Gasteiger partial charge < -0.3 is 15.0 Å². The van der Waals surface area contributed by atoms with Gasteiger partial charge in [-0.05, 0) is 26.3 Å². The third kappa shape index (κ3) is 3.95. The molecule has 0 unspecified atom stereocenters. The summed E-state index contributed by atoms with van der Waals surface area (Å²) in [6.07, 6.45) is 0.581. The number of ether oxygens (including phenoxy) is 1. The fourth-order valence-electron chi connectivity index (χ4n) is 1.86. The van der Waals surface area contributed by atoms with Gasteiger partial charge in [-0.2, -0.15) is 10.4 Å². The van der Waals surface area contributed by atoms with Crippen LogP contribution in [0.2, 0.25) is 0 Å². The fraction of sp³-hybridized carbons (Fsp3) is 0.467. The zero-order chi connectivity index (χ0) is 17.1. The van der Waals surface area contributed by atoms with Crippen LogP contribution in [0.15, 0.2) is 6.58 Å². The molecule has 1 aromatic rings. The molecule has 1 aromatic heterocycles. The lowest BCUT2D eigenvalue weighted by Gasteiger charge is -2.24. The SMILES string of the molecule is C=C(C=N)c1c(CN(C)C(=O)OC(C)(C)C)nn(C)c1C#N. The van der Waals surface area contributed by atoms with Crippen LogP contribution in [-0.4, -0.2) is 39.6 Å². The van der Waals surface area contributed by atoms with E-state index in [0.29, 0.717) is 22.5 Å². The van der Waals surface area contributed by atoms with Crippen molar-refractivity contribution < 1.29 is 9.53 Å². The number of carbonyl (C=O) groups excluding carboxylic acids is 1. The van der Waals surface area contributed by atoms with Crippen LogP contribution in [0.25, 0.3) is 5.57 Å². The van der Waals surface area contributed by atoms with Crippen molar-refractivity contribution in [2.45, 2.75) is 32.9 Å². The number of nitriles is 1. The molecule has 0 saturated carbocycles. The average molecular weight is 303 g/mol. The molecule has 1 amide bonds. The average Bonchev–Trinajstić information content (AvgIpc) is 2.71. The molecule has 1 rings (SSSR count). The number of rotatable bonds is 4. The number of hydrogen-bond acceptors (Lipinski definition) is 5. The van der Waals surface area contributed by atoms with Crippen LogP contribution in [0.3, 0.4) is 0 Å². The van der Waals surface area contributed by atoms with E-state index < -0.39 is 11.7 Å². The lowest BCUT2D eigenvalue weighted by Crippen LogP contribution is -2.34. The van der Waals surface area contributed by atoms with Crippen LogP contribution in [0.1, 0.15) is 37.7 Å². The van der Waals surface area contributed by atoms with Crippen LogP contribution in [-0.2, 0) is 18.3 Å². The Labute approximate surface area is 130 Å². The third-order valence-corrected chi connectivity index (χ3v) is 2.81. The van der Waals surface area contributed by atoms with Crippen molar-refractivity contribution in [3.63, 3.8) is 0 Å². The van der Waals surface area contributed by atoms with Crippen molar-refractivity contribution in [1.82, 2.24) is 14.7 Å². The predicted molar refractivity (Wildman–Crippen MR) is 83.4 cm³/mol. The molecule has 0 aliphatic heterocycles. The van der Waals surface area contributed by atoms with Crippen molar-refractivity contribution in [3.05, 3.63) is 23.5 Å². The molecule has 1 heterocycles. The number of amides is 1. The molecule has 0 aliphatic carbocycles. The summed E-state index contributed by atoms with van der Waals surface area (Å²) >= 11 is 0. The Kier molecular flexibility index (Phi) is 5.10. The Morgan fingerprint density at radius 2 is 2.18 bits per heavy atom. The van der Waals surface area contributed by atoms with E-state index in [-0.39, 0.29) is 6.54 Å². The normalized spacial score (nSPS) is 10.7. The summed E-state index contributed by atoms with van der Waals surface area (Å²) in [4.78, 5) is 13.4. The Morgan fingerprint density at radius 1 is 1.59 bits per heavy atom. The first kappa shape index (κ1) is 17.4. The first-order valence-corrected chi connectivity index (χ1v) is 6.70. The minimum atomic E-state index is -0.589. The van der Waals surface area contributed by atoms with Gasteiger partial charge in [0.2, 0.25) is 0 Å². The van der Waals surface area contributed by atoms with Crippen molar-refractivity contribution in [1.29, 1.82) is 10.7 Å². The van der Waals surface area contributed by atoms with Crippen LogP contribution in [0.4, 0.5) is 4.79 Å². The third-order valence-electron chi connectivity index (χ3n) is 2.81. The maximum atomic E-state index is 12.0. The molecule has 0 aromatic carbocycles. The maximum Gasteiger partial charge on any atom is 0.410 e. The van der Waals surface area contributed by atoms with Crippen LogP contribution in [0, 0.1) is 16.7 Å². The van der Waals surface area contributed by atoms with E-state index in [1.807, 2.05) is 6.07 Å². The van der Waals surface area contributed by atoms with Gasteiger partial charge in [0.05, 0.1) is 12.2 Å².